The van der Waals surface area contributed by atoms with Crippen LogP contribution < -0.4 is 0 Å². The zero-order chi connectivity index (χ0) is 21.2. The highest BCUT2D eigenvalue weighted by Crippen LogP contribution is 2.18. The summed E-state index contributed by atoms with van der Waals surface area (Å²) in [4.78, 5) is 30.8. The molecule has 2 atom stereocenters. The SMILES string of the molecule is CC(=O)N1CCN(C(=O)Cc2ccc(S(C)(=O)=O)cc2)[C@H](CN2CC[C@H](O)C2)C1. The quantitative estimate of drug-likeness (QED) is 0.702. The molecule has 1 aromatic rings. The van der Waals surface area contributed by atoms with Crippen molar-refractivity contribution in [1.29, 1.82) is 0 Å². The summed E-state index contributed by atoms with van der Waals surface area (Å²) in [6.45, 7) is 5.00. The number of piperazine rings is 1. The van der Waals surface area contributed by atoms with Gasteiger partial charge in [-0.05, 0) is 24.1 Å². The number of aliphatic hydroxyl groups excluding tert-OH is 1. The standard InChI is InChI=1S/C20H29N3O5S/c1-15(24)22-9-10-23(17(13-22)12-21-8-7-18(25)14-21)20(26)11-16-3-5-19(6-4-16)29(2,27)28/h3-6,17-18,25H,7-14H2,1-2H3/t17-,18+/m1/s1. The van der Waals surface area contributed by atoms with Crippen molar-refractivity contribution < 1.29 is 23.1 Å². The molecule has 0 aromatic heterocycles. The van der Waals surface area contributed by atoms with E-state index in [-0.39, 0.29) is 35.3 Å². The van der Waals surface area contributed by atoms with Crippen LogP contribution in [0.2, 0.25) is 0 Å². The molecule has 0 aliphatic carbocycles. The van der Waals surface area contributed by atoms with Crippen LogP contribution in [-0.4, -0.2) is 97.7 Å². The minimum atomic E-state index is -3.27. The first kappa shape index (κ1) is 21.7. The molecular formula is C20H29N3O5S. The molecule has 0 spiro atoms. The Bertz CT molecular complexity index is 855. The summed E-state index contributed by atoms with van der Waals surface area (Å²) >= 11 is 0. The van der Waals surface area contributed by atoms with Crippen molar-refractivity contribution >= 4 is 21.7 Å². The average molecular weight is 424 g/mol. The highest BCUT2D eigenvalue weighted by Gasteiger charge is 2.34. The van der Waals surface area contributed by atoms with Crippen LogP contribution in [-0.2, 0) is 25.8 Å². The van der Waals surface area contributed by atoms with Crippen molar-refractivity contribution in [2.75, 3.05) is 45.5 Å². The number of benzene rings is 1. The van der Waals surface area contributed by atoms with Gasteiger partial charge < -0.3 is 14.9 Å². The molecule has 0 bridgehead atoms. The Hall–Kier alpha value is -1.97. The topological polar surface area (TPSA) is 98.2 Å². The molecule has 0 saturated carbocycles. The maximum Gasteiger partial charge on any atom is 0.227 e. The third-order valence-corrected chi connectivity index (χ3v) is 6.80. The molecule has 29 heavy (non-hydrogen) atoms. The lowest BCUT2D eigenvalue weighted by molar-refractivity contribution is -0.142. The molecule has 8 nitrogen and oxygen atoms in total. The number of β-amino-alcohol motifs (C(OH)–C–C–N with tert-alkyl or cyclic N) is 1. The van der Waals surface area contributed by atoms with E-state index in [4.69, 9.17) is 0 Å². The van der Waals surface area contributed by atoms with Crippen LogP contribution in [0.5, 0.6) is 0 Å². The number of rotatable bonds is 5. The molecule has 0 radical (unpaired) electrons. The number of hydrogen-bond donors (Lipinski definition) is 1. The van der Waals surface area contributed by atoms with Crippen molar-refractivity contribution in [2.45, 2.75) is 36.8 Å². The summed E-state index contributed by atoms with van der Waals surface area (Å²) in [5.41, 5.74) is 0.756. The second-order valence-electron chi connectivity index (χ2n) is 8.00. The maximum atomic E-state index is 13.0. The minimum Gasteiger partial charge on any atom is -0.392 e. The van der Waals surface area contributed by atoms with Crippen LogP contribution in [0.1, 0.15) is 18.9 Å². The number of hydrogen-bond acceptors (Lipinski definition) is 6. The maximum absolute atomic E-state index is 13.0. The Morgan fingerprint density at radius 3 is 2.34 bits per heavy atom. The van der Waals surface area contributed by atoms with E-state index in [1.807, 2.05) is 4.90 Å². The number of aliphatic hydroxyl groups is 1. The first-order valence-corrected chi connectivity index (χ1v) is 11.8. The number of sulfone groups is 1. The molecule has 2 fully saturated rings. The molecule has 2 amide bonds. The van der Waals surface area contributed by atoms with Crippen molar-refractivity contribution in [3.63, 3.8) is 0 Å². The molecular weight excluding hydrogens is 394 g/mol. The molecule has 160 valence electrons. The van der Waals surface area contributed by atoms with Gasteiger partial charge >= 0.3 is 0 Å². The van der Waals surface area contributed by atoms with Crippen LogP contribution in [0.4, 0.5) is 0 Å². The Kier molecular flexibility index (Phi) is 6.60. The Morgan fingerprint density at radius 2 is 1.79 bits per heavy atom. The number of carbonyl (C=O) groups is 2. The fourth-order valence-corrected chi connectivity index (χ4v) is 4.66. The molecule has 2 saturated heterocycles. The number of likely N-dealkylation sites (tertiary alicyclic amines) is 1. The Labute approximate surface area is 172 Å². The first-order chi connectivity index (χ1) is 13.6. The minimum absolute atomic E-state index is 0.0000747. The Morgan fingerprint density at radius 1 is 1.10 bits per heavy atom. The summed E-state index contributed by atoms with van der Waals surface area (Å²) in [7, 11) is -3.27. The van der Waals surface area contributed by atoms with Gasteiger partial charge in [-0.25, -0.2) is 8.42 Å². The van der Waals surface area contributed by atoms with Gasteiger partial charge in [-0.1, -0.05) is 12.1 Å². The van der Waals surface area contributed by atoms with Crippen molar-refractivity contribution in [3.8, 4) is 0 Å². The van der Waals surface area contributed by atoms with E-state index in [9.17, 15) is 23.1 Å². The zero-order valence-electron chi connectivity index (χ0n) is 17.0. The van der Waals surface area contributed by atoms with Crippen molar-refractivity contribution in [2.24, 2.45) is 0 Å². The van der Waals surface area contributed by atoms with E-state index >= 15 is 0 Å². The molecule has 1 N–H and O–H groups in total. The second kappa shape index (κ2) is 8.81. The van der Waals surface area contributed by atoms with Gasteiger partial charge in [-0.15, -0.1) is 0 Å². The molecule has 9 heteroatoms. The van der Waals surface area contributed by atoms with Gasteiger partial charge in [-0.3, -0.25) is 14.5 Å². The number of amides is 2. The smallest absolute Gasteiger partial charge is 0.227 e. The lowest BCUT2D eigenvalue weighted by Crippen LogP contribution is -2.59. The van der Waals surface area contributed by atoms with E-state index in [1.54, 1.807) is 17.0 Å². The van der Waals surface area contributed by atoms with Crippen LogP contribution >= 0.6 is 0 Å². The van der Waals surface area contributed by atoms with E-state index in [0.717, 1.165) is 24.8 Å². The third-order valence-electron chi connectivity index (χ3n) is 5.67. The van der Waals surface area contributed by atoms with Gasteiger partial charge in [0.2, 0.25) is 11.8 Å². The molecule has 2 heterocycles. The highest BCUT2D eigenvalue weighted by molar-refractivity contribution is 7.90. The summed E-state index contributed by atoms with van der Waals surface area (Å²) < 4.78 is 23.2. The summed E-state index contributed by atoms with van der Waals surface area (Å²) in [6, 6.07) is 6.27. The van der Waals surface area contributed by atoms with Gasteiger partial charge in [0.05, 0.1) is 23.5 Å². The highest BCUT2D eigenvalue weighted by atomic mass is 32.2. The predicted molar refractivity (Wildman–Crippen MR) is 108 cm³/mol. The van der Waals surface area contributed by atoms with Gasteiger partial charge in [-0.2, -0.15) is 0 Å². The van der Waals surface area contributed by atoms with Crippen LogP contribution in [0.15, 0.2) is 29.2 Å². The second-order valence-corrected chi connectivity index (χ2v) is 10.0. The van der Waals surface area contributed by atoms with Crippen molar-refractivity contribution in [1.82, 2.24) is 14.7 Å². The Balaban J connectivity index is 1.69. The van der Waals surface area contributed by atoms with Gasteiger partial charge in [0.25, 0.3) is 0 Å². The molecule has 2 aliphatic heterocycles. The van der Waals surface area contributed by atoms with E-state index in [1.165, 1.54) is 19.1 Å². The zero-order valence-corrected chi connectivity index (χ0v) is 17.8. The van der Waals surface area contributed by atoms with E-state index in [2.05, 4.69) is 4.90 Å². The molecule has 3 rings (SSSR count). The van der Waals surface area contributed by atoms with Crippen LogP contribution in [0, 0.1) is 0 Å². The summed E-state index contributed by atoms with van der Waals surface area (Å²) in [5.74, 6) is -0.0371. The van der Waals surface area contributed by atoms with Crippen molar-refractivity contribution in [3.05, 3.63) is 29.8 Å². The fourth-order valence-electron chi connectivity index (χ4n) is 4.03. The fraction of sp³-hybridized carbons (Fsp3) is 0.600. The van der Waals surface area contributed by atoms with E-state index in [0.29, 0.717) is 32.7 Å². The van der Waals surface area contributed by atoms with Crippen LogP contribution in [0.25, 0.3) is 0 Å². The molecule has 1 aromatic carbocycles. The lowest BCUT2D eigenvalue weighted by atomic mass is 10.1. The lowest BCUT2D eigenvalue weighted by Gasteiger charge is -2.42. The average Bonchev–Trinajstić information content (AvgIpc) is 3.06. The number of nitrogens with zero attached hydrogens (tertiary/aromatic N) is 3. The number of carbonyl (C=O) groups excluding carboxylic acids is 2. The summed E-state index contributed by atoms with van der Waals surface area (Å²) in [5, 5.41) is 9.79. The predicted octanol–water partition coefficient (Wildman–Crippen LogP) is -0.241. The van der Waals surface area contributed by atoms with Gasteiger partial charge in [0.15, 0.2) is 9.84 Å². The third kappa shape index (κ3) is 5.55. The molecule has 0 unspecified atom stereocenters. The first-order valence-electron chi connectivity index (χ1n) is 9.88. The normalized spacial score (nSPS) is 23.4. The molecule has 2 aliphatic rings. The van der Waals surface area contributed by atoms with Gasteiger partial charge in [0, 0.05) is 52.4 Å². The van der Waals surface area contributed by atoms with E-state index < -0.39 is 9.84 Å². The van der Waals surface area contributed by atoms with Gasteiger partial charge in [0.1, 0.15) is 0 Å². The van der Waals surface area contributed by atoms with Crippen LogP contribution in [0.3, 0.4) is 0 Å². The largest absolute Gasteiger partial charge is 0.392 e. The summed E-state index contributed by atoms with van der Waals surface area (Å²) in [6.07, 6.45) is 1.73. The monoisotopic (exact) mass is 423 g/mol.